The van der Waals surface area contributed by atoms with Gasteiger partial charge < -0.3 is 11.1 Å². The highest BCUT2D eigenvalue weighted by molar-refractivity contribution is 5.97. The fraction of sp³-hybridized carbons (Fsp3) is 0.0667. The number of ketones is 1. The van der Waals surface area contributed by atoms with Crippen LogP contribution >= 0.6 is 0 Å². The summed E-state index contributed by atoms with van der Waals surface area (Å²) in [5.41, 5.74) is 6.59. The van der Waals surface area contributed by atoms with Crippen molar-refractivity contribution in [1.82, 2.24) is 25.2 Å². The van der Waals surface area contributed by atoms with Gasteiger partial charge in [-0.05, 0) is 46.8 Å². The third kappa shape index (κ3) is 3.40. The molecule has 0 aliphatic carbocycles. The van der Waals surface area contributed by atoms with Gasteiger partial charge in [-0.15, -0.1) is 5.10 Å². The zero-order chi connectivity index (χ0) is 16.9. The molecule has 0 aliphatic heterocycles. The standard InChI is InChI=1S/C15H13N7O2/c16-15(24)18-11-6-4-10(5-7-11)13(23)9-22-14(19-20-21-22)12-3-1-2-8-17-12/h1-8H,9H2,(H3,16,18,24). The molecule has 0 spiro atoms. The number of tetrazole rings is 1. The van der Waals surface area contributed by atoms with Crippen LogP contribution in [0.5, 0.6) is 0 Å². The number of aromatic nitrogens is 5. The number of nitrogens with zero attached hydrogens (tertiary/aromatic N) is 5. The molecule has 0 saturated heterocycles. The van der Waals surface area contributed by atoms with Crippen molar-refractivity contribution in [3.63, 3.8) is 0 Å². The van der Waals surface area contributed by atoms with Gasteiger partial charge in [0.05, 0.1) is 0 Å². The third-order valence-corrected chi connectivity index (χ3v) is 3.19. The van der Waals surface area contributed by atoms with Crippen molar-refractivity contribution < 1.29 is 9.59 Å². The lowest BCUT2D eigenvalue weighted by Crippen LogP contribution is -2.19. The lowest BCUT2D eigenvalue weighted by molar-refractivity contribution is 0.0967. The van der Waals surface area contributed by atoms with Gasteiger partial charge in [0.1, 0.15) is 12.2 Å². The number of urea groups is 1. The predicted octanol–water partition coefficient (Wildman–Crippen LogP) is 1.11. The highest BCUT2D eigenvalue weighted by Crippen LogP contribution is 2.14. The molecule has 0 unspecified atom stereocenters. The normalized spacial score (nSPS) is 10.3. The van der Waals surface area contributed by atoms with E-state index in [1.807, 2.05) is 6.07 Å². The van der Waals surface area contributed by atoms with Crippen LogP contribution in [0.2, 0.25) is 0 Å². The molecule has 9 nitrogen and oxygen atoms in total. The molecule has 0 fully saturated rings. The Morgan fingerprint density at radius 3 is 2.58 bits per heavy atom. The van der Waals surface area contributed by atoms with E-state index >= 15 is 0 Å². The van der Waals surface area contributed by atoms with Crippen molar-refractivity contribution in [2.75, 3.05) is 5.32 Å². The number of nitrogens with one attached hydrogen (secondary N) is 1. The van der Waals surface area contributed by atoms with Gasteiger partial charge in [-0.25, -0.2) is 9.48 Å². The molecule has 3 rings (SSSR count). The van der Waals surface area contributed by atoms with Crippen LogP contribution in [0.4, 0.5) is 10.5 Å². The first-order valence-corrected chi connectivity index (χ1v) is 7.01. The highest BCUT2D eigenvalue weighted by atomic mass is 16.2. The average Bonchev–Trinajstić information content (AvgIpc) is 3.04. The second-order valence-corrected chi connectivity index (χ2v) is 4.86. The molecule has 0 saturated carbocycles. The van der Waals surface area contributed by atoms with Gasteiger partial charge in [-0.1, -0.05) is 6.07 Å². The molecular weight excluding hydrogens is 310 g/mol. The topological polar surface area (TPSA) is 129 Å². The number of benzene rings is 1. The average molecular weight is 323 g/mol. The Morgan fingerprint density at radius 1 is 1.12 bits per heavy atom. The van der Waals surface area contributed by atoms with Crippen LogP contribution < -0.4 is 11.1 Å². The number of Topliss-reactive ketones (excluding diaryl/α,β-unsaturated/α-hetero) is 1. The number of anilines is 1. The molecule has 120 valence electrons. The van der Waals surface area contributed by atoms with Crippen LogP contribution in [0.25, 0.3) is 11.5 Å². The third-order valence-electron chi connectivity index (χ3n) is 3.19. The Balaban J connectivity index is 1.76. The van der Waals surface area contributed by atoms with E-state index in [2.05, 4.69) is 25.8 Å². The van der Waals surface area contributed by atoms with E-state index in [-0.39, 0.29) is 12.3 Å². The minimum atomic E-state index is -0.664. The quantitative estimate of drug-likeness (QED) is 0.677. The van der Waals surface area contributed by atoms with E-state index in [1.165, 1.54) is 4.68 Å². The Kier molecular flexibility index (Phi) is 4.23. The monoisotopic (exact) mass is 323 g/mol. The zero-order valence-electron chi connectivity index (χ0n) is 12.5. The van der Waals surface area contributed by atoms with Crippen molar-refractivity contribution in [2.45, 2.75) is 6.54 Å². The number of nitrogens with two attached hydrogens (primary N) is 1. The molecule has 0 aliphatic rings. The second kappa shape index (κ2) is 6.65. The molecular formula is C15H13N7O2. The smallest absolute Gasteiger partial charge is 0.316 e. The maximum absolute atomic E-state index is 12.4. The van der Waals surface area contributed by atoms with Crippen molar-refractivity contribution in [1.29, 1.82) is 0 Å². The number of carbonyl (C=O) groups is 2. The number of primary amides is 1. The number of amides is 2. The van der Waals surface area contributed by atoms with Gasteiger partial charge in [0.25, 0.3) is 0 Å². The summed E-state index contributed by atoms with van der Waals surface area (Å²) in [5, 5.41) is 13.8. The largest absolute Gasteiger partial charge is 0.351 e. The van der Waals surface area contributed by atoms with Crippen molar-refractivity contribution in [2.24, 2.45) is 5.73 Å². The molecule has 0 bridgehead atoms. The molecule has 9 heteroatoms. The molecule has 0 radical (unpaired) electrons. The number of rotatable bonds is 5. The lowest BCUT2D eigenvalue weighted by Gasteiger charge is -2.05. The fourth-order valence-corrected chi connectivity index (χ4v) is 2.10. The van der Waals surface area contributed by atoms with E-state index in [0.29, 0.717) is 22.8 Å². The first-order chi connectivity index (χ1) is 11.6. The highest BCUT2D eigenvalue weighted by Gasteiger charge is 2.14. The maximum Gasteiger partial charge on any atom is 0.316 e. The molecule has 3 N–H and O–H groups in total. The molecule has 24 heavy (non-hydrogen) atoms. The first-order valence-electron chi connectivity index (χ1n) is 7.01. The number of hydrogen-bond acceptors (Lipinski definition) is 6. The maximum atomic E-state index is 12.4. The molecule has 0 atom stereocenters. The van der Waals surface area contributed by atoms with Crippen LogP contribution in [0, 0.1) is 0 Å². The minimum absolute atomic E-state index is 0.0263. The van der Waals surface area contributed by atoms with Gasteiger partial charge in [0.2, 0.25) is 5.82 Å². The summed E-state index contributed by atoms with van der Waals surface area (Å²) in [4.78, 5) is 27.3. The number of carbonyl (C=O) groups excluding carboxylic acids is 2. The van der Waals surface area contributed by atoms with Gasteiger partial charge in [-0.3, -0.25) is 9.78 Å². The minimum Gasteiger partial charge on any atom is -0.351 e. The van der Waals surface area contributed by atoms with Crippen molar-refractivity contribution in [3.8, 4) is 11.5 Å². The first kappa shape index (κ1) is 15.3. The van der Waals surface area contributed by atoms with Crippen LogP contribution in [0.15, 0.2) is 48.7 Å². The Bertz CT molecular complexity index is 859. The summed E-state index contributed by atoms with van der Waals surface area (Å²) in [5.74, 6) is 0.237. The summed E-state index contributed by atoms with van der Waals surface area (Å²) >= 11 is 0. The van der Waals surface area contributed by atoms with E-state index in [0.717, 1.165) is 0 Å². The Morgan fingerprint density at radius 2 is 1.92 bits per heavy atom. The van der Waals surface area contributed by atoms with Gasteiger partial charge >= 0.3 is 6.03 Å². The number of pyridine rings is 1. The Hall–Kier alpha value is -3.62. The Labute approximate surface area is 136 Å². The molecule has 2 aromatic heterocycles. The van der Waals surface area contributed by atoms with Crippen LogP contribution in [0.1, 0.15) is 10.4 Å². The molecule has 2 heterocycles. The van der Waals surface area contributed by atoms with E-state index < -0.39 is 6.03 Å². The summed E-state index contributed by atoms with van der Waals surface area (Å²) < 4.78 is 1.39. The lowest BCUT2D eigenvalue weighted by atomic mass is 10.1. The SMILES string of the molecule is NC(=O)Nc1ccc(C(=O)Cn2nnnc2-c2ccccn2)cc1. The van der Waals surface area contributed by atoms with Gasteiger partial charge in [0.15, 0.2) is 5.78 Å². The fourth-order valence-electron chi connectivity index (χ4n) is 2.10. The zero-order valence-corrected chi connectivity index (χ0v) is 12.5. The predicted molar refractivity (Wildman–Crippen MR) is 85.0 cm³/mol. The summed E-state index contributed by atoms with van der Waals surface area (Å²) in [7, 11) is 0. The van der Waals surface area contributed by atoms with Crippen LogP contribution in [0.3, 0.4) is 0 Å². The number of hydrogen-bond donors (Lipinski definition) is 2. The summed E-state index contributed by atoms with van der Waals surface area (Å²) in [6.45, 7) is -0.0263. The second-order valence-electron chi connectivity index (χ2n) is 4.86. The van der Waals surface area contributed by atoms with Crippen LogP contribution in [-0.4, -0.2) is 37.0 Å². The molecule has 2 amide bonds. The van der Waals surface area contributed by atoms with E-state index in [9.17, 15) is 9.59 Å². The summed E-state index contributed by atoms with van der Waals surface area (Å²) in [6, 6.07) is 11.1. The van der Waals surface area contributed by atoms with E-state index in [4.69, 9.17) is 5.73 Å². The van der Waals surface area contributed by atoms with Crippen LogP contribution in [-0.2, 0) is 6.54 Å². The molecule has 1 aromatic carbocycles. The van der Waals surface area contributed by atoms with E-state index in [1.54, 1.807) is 42.6 Å². The van der Waals surface area contributed by atoms with Crippen molar-refractivity contribution in [3.05, 3.63) is 54.2 Å². The van der Waals surface area contributed by atoms with Crippen molar-refractivity contribution >= 4 is 17.5 Å². The summed E-state index contributed by atoms with van der Waals surface area (Å²) in [6.07, 6.45) is 1.63. The molecule has 3 aromatic rings. The van der Waals surface area contributed by atoms with Gasteiger partial charge in [-0.2, -0.15) is 0 Å². The van der Waals surface area contributed by atoms with Gasteiger partial charge in [0, 0.05) is 17.4 Å².